The Hall–Kier alpha value is -0.860. The summed E-state index contributed by atoms with van der Waals surface area (Å²) in [5.74, 6) is 0. The summed E-state index contributed by atoms with van der Waals surface area (Å²) in [7, 11) is 4.20. The first-order valence-corrected chi connectivity index (χ1v) is 5.93. The van der Waals surface area contributed by atoms with Crippen LogP contribution < -0.4 is 5.32 Å². The standard InChI is InChI=1S/C14H24N2/c1-14(2,12-15-10-11-16(3)4)13-8-6-5-7-9-13/h5-9,15H,10-12H2,1-4H3. The van der Waals surface area contributed by atoms with Gasteiger partial charge in [0, 0.05) is 25.0 Å². The van der Waals surface area contributed by atoms with E-state index in [1.165, 1.54) is 5.56 Å². The number of likely N-dealkylation sites (N-methyl/N-ethyl adjacent to an activating group) is 1. The lowest BCUT2D eigenvalue weighted by atomic mass is 9.85. The highest BCUT2D eigenvalue weighted by Crippen LogP contribution is 2.21. The molecule has 0 aliphatic heterocycles. The molecule has 0 aliphatic rings. The van der Waals surface area contributed by atoms with E-state index in [-0.39, 0.29) is 5.41 Å². The molecule has 1 N–H and O–H groups in total. The van der Waals surface area contributed by atoms with Gasteiger partial charge >= 0.3 is 0 Å². The average Bonchev–Trinajstić information content (AvgIpc) is 2.26. The number of hydrogen-bond acceptors (Lipinski definition) is 2. The Morgan fingerprint density at radius 1 is 1.12 bits per heavy atom. The van der Waals surface area contributed by atoms with E-state index in [0.29, 0.717) is 0 Å². The summed E-state index contributed by atoms with van der Waals surface area (Å²) in [6, 6.07) is 10.7. The van der Waals surface area contributed by atoms with Crippen LogP contribution in [0.25, 0.3) is 0 Å². The number of hydrogen-bond donors (Lipinski definition) is 1. The highest BCUT2D eigenvalue weighted by molar-refractivity contribution is 5.23. The summed E-state index contributed by atoms with van der Waals surface area (Å²) in [6.07, 6.45) is 0. The third-order valence-electron chi connectivity index (χ3n) is 2.86. The SMILES string of the molecule is CN(C)CCNCC(C)(C)c1ccccc1. The van der Waals surface area contributed by atoms with Crippen molar-refractivity contribution in [2.75, 3.05) is 33.7 Å². The molecule has 0 saturated heterocycles. The average molecular weight is 220 g/mol. The van der Waals surface area contributed by atoms with Gasteiger partial charge in [0.2, 0.25) is 0 Å². The van der Waals surface area contributed by atoms with Crippen LogP contribution in [0.5, 0.6) is 0 Å². The summed E-state index contributed by atoms with van der Waals surface area (Å²) in [5.41, 5.74) is 1.60. The molecule has 0 bridgehead atoms. The maximum Gasteiger partial charge on any atom is 0.0101 e. The van der Waals surface area contributed by atoms with Gasteiger partial charge in [0.15, 0.2) is 0 Å². The van der Waals surface area contributed by atoms with Gasteiger partial charge in [-0.15, -0.1) is 0 Å². The fourth-order valence-electron chi connectivity index (χ4n) is 1.69. The molecule has 16 heavy (non-hydrogen) atoms. The van der Waals surface area contributed by atoms with Gasteiger partial charge in [-0.2, -0.15) is 0 Å². The highest BCUT2D eigenvalue weighted by Gasteiger charge is 2.19. The minimum Gasteiger partial charge on any atom is -0.315 e. The third-order valence-corrected chi connectivity index (χ3v) is 2.86. The van der Waals surface area contributed by atoms with Gasteiger partial charge in [-0.25, -0.2) is 0 Å². The van der Waals surface area contributed by atoms with Crippen LogP contribution in [0.15, 0.2) is 30.3 Å². The molecule has 1 rings (SSSR count). The van der Waals surface area contributed by atoms with E-state index in [1.54, 1.807) is 0 Å². The van der Waals surface area contributed by atoms with Gasteiger partial charge in [-0.1, -0.05) is 44.2 Å². The van der Waals surface area contributed by atoms with Crippen molar-refractivity contribution in [2.24, 2.45) is 0 Å². The molecule has 0 unspecified atom stereocenters. The van der Waals surface area contributed by atoms with Crippen LogP contribution in [0.3, 0.4) is 0 Å². The fraction of sp³-hybridized carbons (Fsp3) is 0.571. The van der Waals surface area contributed by atoms with Crippen molar-refractivity contribution in [3.63, 3.8) is 0 Å². The van der Waals surface area contributed by atoms with Crippen LogP contribution in [0, 0.1) is 0 Å². The third kappa shape index (κ3) is 4.33. The van der Waals surface area contributed by atoms with Gasteiger partial charge in [0.05, 0.1) is 0 Å². The first kappa shape index (κ1) is 13.2. The summed E-state index contributed by atoms with van der Waals surface area (Å²) in [4.78, 5) is 2.20. The molecule has 0 spiro atoms. The van der Waals surface area contributed by atoms with Gasteiger partial charge < -0.3 is 10.2 Å². The van der Waals surface area contributed by atoms with Crippen LogP contribution in [-0.4, -0.2) is 38.6 Å². The fourth-order valence-corrected chi connectivity index (χ4v) is 1.69. The van der Waals surface area contributed by atoms with Crippen molar-refractivity contribution < 1.29 is 0 Å². The number of benzene rings is 1. The van der Waals surface area contributed by atoms with Crippen molar-refractivity contribution >= 4 is 0 Å². The lowest BCUT2D eigenvalue weighted by Crippen LogP contribution is -2.36. The van der Waals surface area contributed by atoms with E-state index >= 15 is 0 Å². The molecule has 0 fully saturated rings. The Morgan fingerprint density at radius 3 is 2.31 bits per heavy atom. The Bertz CT molecular complexity index is 291. The van der Waals surface area contributed by atoms with Crippen LogP contribution in [0.4, 0.5) is 0 Å². The largest absolute Gasteiger partial charge is 0.315 e. The molecule has 90 valence electrons. The molecule has 0 heterocycles. The number of nitrogens with zero attached hydrogens (tertiary/aromatic N) is 1. The minimum atomic E-state index is 0.202. The topological polar surface area (TPSA) is 15.3 Å². The number of rotatable bonds is 6. The second kappa shape index (κ2) is 6.02. The lowest BCUT2D eigenvalue weighted by Gasteiger charge is -2.26. The normalized spacial score (nSPS) is 12.1. The summed E-state index contributed by atoms with van der Waals surface area (Å²) in [5, 5.41) is 3.51. The Morgan fingerprint density at radius 2 is 1.75 bits per heavy atom. The summed E-state index contributed by atoms with van der Waals surface area (Å²) < 4.78 is 0. The maximum atomic E-state index is 3.51. The molecule has 0 amide bonds. The summed E-state index contributed by atoms with van der Waals surface area (Å²) in [6.45, 7) is 7.72. The van der Waals surface area contributed by atoms with Gasteiger partial charge in [0.1, 0.15) is 0 Å². The molecule has 2 heteroatoms. The molecule has 0 atom stereocenters. The molecule has 0 aromatic heterocycles. The molecule has 1 aromatic carbocycles. The van der Waals surface area contributed by atoms with Crippen molar-refractivity contribution in [3.8, 4) is 0 Å². The maximum absolute atomic E-state index is 3.51. The zero-order valence-electron chi connectivity index (χ0n) is 11.0. The second-order valence-electron chi connectivity index (χ2n) is 5.23. The molecule has 2 nitrogen and oxygen atoms in total. The highest BCUT2D eigenvalue weighted by atomic mass is 15.1. The molecule has 0 radical (unpaired) electrons. The molecular weight excluding hydrogens is 196 g/mol. The zero-order valence-corrected chi connectivity index (χ0v) is 11.0. The first-order chi connectivity index (χ1) is 7.52. The van der Waals surface area contributed by atoms with E-state index < -0.39 is 0 Å². The van der Waals surface area contributed by atoms with Gasteiger partial charge in [-0.05, 0) is 19.7 Å². The first-order valence-electron chi connectivity index (χ1n) is 5.93. The lowest BCUT2D eigenvalue weighted by molar-refractivity contribution is 0.383. The Balaban J connectivity index is 2.40. The molecule has 1 aromatic rings. The van der Waals surface area contributed by atoms with Crippen molar-refractivity contribution in [3.05, 3.63) is 35.9 Å². The Kier molecular flexibility index (Phi) is 4.97. The van der Waals surface area contributed by atoms with E-state index in [2.05, 4.69) is 68.5 Å². The van der Waals surface area contributed by atoms with Gasteiger partial charge in [0.25, 0.3) is 0 Å². The van der Waals surface area contributed by atoms with Crippen LogP contribution in [0.2, 0.25) is 0 Å². The van der Waals surface area contributed by atoms with Gasteiger partial charge in [-0.3, -0.25) is 0 Å². The smallest absolute Gasteiger partial charge is 0.0101 e. The zero-order chi connectivity index (χ0) is 12.0. The summed E-state index contributed by atoms with van der Waals surface area (Å²) >= 11 is 0. The van der Waals surface area contributed by atoms with E-state index in [0.717, 1.165) is 19.6 Å². The van der Waals surface area contributed by atoms with Crippen molar-refractivity contribution in [1.29, 1.82) is 0 Å². The predicted molar refractivity (Wildman–Crippen MR) is 70.9 cm³/mol. The predicted octanol–water partition coefficient (Wildman–Crippen LogP) is 2.12. The Labute approximate surface area is 99.7 Å². The van der Waals surface area contributed by atoms with E-state index in [4.69, 9.17) is 0 Å². The number of nitrogens with one attached hydrogen (secondary N) is 1. The van der Waals surface area contributed by atoms with Crippen molar-refractivity contribution in [2.45, 2.75) is 19.3 Å². The minimum absolute atomic E-state index is 0.202. The van der Waals surface area contributed by atoms with E-state index in [9.17, 15) is 0 Å². The van der Waals surface area contributed by atoms with Crippen LogP contribution in [0.1, 0.15) is 19.4 Å². The quantitative estimate of drug-likeness (QED) is 0.739. The second-order valence-corrected chi connectivity index (χ2v) is 5.23. The molecular formula is C14H24N2. The monoisotopic (exact) mass is 220 g/mol. The van der Waals surface area contributed by atoms with Crippen molar-refractivity contribution in [1.82, 2.24) is 10.2 Å². The van der Waals surface area contributed by atoms with Crippen LogP contribution >= 0.6 is 0 Å². The van der Waals surface area contributed by atoms with Crippen LogP contribution in [-0.2, 0) is 5.41 Å². The van der Waals surface area contributed by atoms with E-state index in [1.807, 2.05) is 0 Å². The molecule has 0 saturated carbocycles. The molecule has 0 aliphatic carbocycles.